The highest BCUT2D eigenvalue weighted by atomic mass is 16.5. The van der Waals surface area contributed by atoms with Crippen molar-refractivity contribution in [3.8, 4) is 5.75 Å². The second-order valence-corrected chi connectivity index (χ2v) is 2.24. The molecular formula is C8H8O3. The minimum absolute atomic E-state index is 0.000278. The number of carbonyl (C=O) groups is 1. The van der Waals surface area contributed by atoms with Crippen LogP contribution in [0.4, 0.5) is 0 Å². The van der Waals surface area contributed by atoms with Gasteiger partial charge in [0.2, 0.25) is 0 Å². The van der Waals surface area contributed by atoms with Gasteiger partial charge in [-0.25, -0.2) is 0 Å². The number of hydrogen-bond acceptors (Lipinski definition) is 2. The number of hydrogen-bond donors (Lipinski definition) is 2. The van der Waals surface area contributed by atoms with E-state index in [2.05, 4.69) is 0 Å². The monoisotopic (exact) mass is 154 g/mol. The van der Waals surface area contributed by atoms with E-state index in [1.54, 1.807) is 12.1 Å². The van der Waals surface area contributed by atoms with E-state index in [9.17, 15) is 4.79 Å². The molecular weight excluding hydrogens is 146 g/mol. The molecule has 11 heavy (non-hydrogen) atoms. The van der Waals surface area contributed by atoms with E-state index in [0.29, 0.717) is 5.56 Å². The third-order valence-corrected chi connectivity index (χ3v) is 1.29. The van der Waals surface area contributed by atoms with Gasteiger partial charge in [-0.1, -0.05) is 12.1 Å². The Morgan fingerprint density at radius 3 is 2.27 bits per heavy atom. The first kappa shape index (κ1) is 7.60. The molecule has 58 valence electrons. The maximum atomic E-state index is 10.2. The lowest BCUT2D eigenvalue weighted by Crippen LogP contribution is -1.98. The fraction of sp³-hybridized carbons (Fsp3) is 0.125. The molecule has 0 unspecified atom stereocenters. The molecule has 0 saturated carbocycles. The van der Waals surface area contributed by atoms with E-state index in [1.165, 1.54) is 12.1 Å². The van der Waals surface area contributed by atoms with E-state index < -0.39 is 5.97 Å². The lowest BCUT2D eigenvalue weighted by Gasteiger charge is -1.95. The first-order valence-electron chi connectivity index (χ1n) is 3.18. The van der Waals surface area contributed by atoms with Crippen LogP contribution in [0.3, 0.4) is 0 Å². The van der Waals surface area contributed by atoms with Crippen molar-refractivity contribution in [1.29, 1.82) is 0 Å². The molecule has 3 nitrogen and oxygen atoms in total. The van der Waals surface area contributed by atoms with Crippen LogP contribution in [0.25, 0.3) is 0 Å². The molecule has 0 aliphatic heterocycles. The maximum absolute atomic E-state index is 10.2. The van der Waals surface area contributed by atoms with Crippen LogP contribution >= 0.6 is 0 Å². The quantitative estimate of drug-likeness (QED) is 0.625. The summed E-state index contributed by atoms with van der Waals surface area (Å²) in [5.41, 5.74) is 0.690. The number of carboxylic acids is 1. The highest BCUT2D eigenvalue weighted by molar-refractivity contribution is 5.70. The zero-order valence-electron chi connectivity index (χ0n) is 5.82. The normalized spacial score (nSPS) is 9.45. The average molecular weight is 154 g/mol. The Hall–Kier alpha value is -1.51. The molecule has 1 aromatic rings. The fourth-order valence-electron chi connectivity index (χ4n) is 0.788. The van der Waals surface area contributed by atoms with Gasteiger partial charge in [0, 0.05) is 0 Å². The molecule has 1 aromatic carbocycles. The predicted molar refractivity (Wildman–Crippen MR) is 39.4 cm³/mol. The molecule has 0 spiro atoms. The molecule has 2 N–H and O–H groups in total. The van der Waals surface area contributed by atoms with Gasteiger partial charge in [-0.3, -0.25) is 4.79 Å². The lowest BCUT2D eigenvalue weighted by molar-refractivity contribution is -0.136. The van der Waals surface area contributed by atoms with Crippen molar-refractivity contribution in [3.05, 3.63) is 29.8 Å². The molecule has 0 aliphatic carbocycles. The number of phenolic OH excluding ortho intramolecular Hbond substituents is 1. The number of rotatable bonds is 2. The summed E-state index contributed by atoms with van der Waals surface area (Å²) in [7, 11) is 0. The summed E-state index contributed by atoms with van der Waals surface area (Å²) in [5, 5.41) is 17.2. The molecule has 1 rings (SSSR count). The van der Waals surface area contributed by atoms with Gasteiger partial charge in [0.05, 0.1) is 6.42 Å². The summed E-state index contributed by atoms with van der Waals surface area (Å²) < 4.78 is 0. The van der Waals surface area contributed by atoms with Crippen LogP contribution in [0.1, 0.15) is 5.56 Å². The van der Waals surface area contributed by atoms with Gasteiger partial charge < -0.3 is 10.2 Å². The van der Waals surface area contributed by atoms with Crippen LogP contribution < -0.4 is 0 Å². The van der Waals surface area contributed by atoms with Crippen LogP contribution in [-0.4, -0.2) is 16.2 Å². The highest BCUT2D eigenvalue weighted by Gasteiger charge is 1.98. The van der Waals surface area contributed by atoms with E-state index >= 15 is 0 Å². The van der Waals surface area contributed by atoms with Crippen LogP contribution in [0.5, 0.6) is 5.75 Å². The molecule has 0 aliphatic rings. The van der Waals surface area contributed by atoms with Crippen molar-refractivity contribution in [2.45, 2.75) is 6.42 Å². The van der Waals surface area contributed by atoms with Crippen molar-refractivity contribution in [2.75, 3.05) is 0 Å². The van der Waals surface area contributed by atoms with E-state index in [0.717, 1.165) is 0 Å². The van der Waals surface area contributed by atoms with Crippen molar-refractivity contribution in [2.24, 2.45) is 0 Å². The molecule has 0 aromatic heterocycles. The Labute approximate surface area is 63.9 Å². The largest absolute Gasteiger partial charge is 0.508 e. The standard InChI is InChI=1S/C8H8O3/c9-7-3-1-6(2-4-7)5-8(10)11/h1-4,9H,5H2,(H,10,11)/i5+1,8+1. The lowest BCUT2D eigenvalue weighted by atomic mass is 10.3. The Balaban J connectivity index is 2.74. The Morgan fingerprint density at radius 1 is 1.27 bits per heavy atom. The summed E-state index contributed by atoms with van der Waals surface area (Å²) in [6.45, 7) is 0. The van der Waals surface area contributed by atoms with Crippen LogP contribution in [0, 0.1) is 0 Å². The van der Waals surface area contributed by atoms with Crippen molar-refractivity contribution in [3.63, 3.8) is 0 Å². The fourth-order valence-corrected chi connectivity index (χ4v) is 0.788. The van der Waals surface area contributed by atoms with Gasteiger partial charge in [0.15, 0.2) is 0 Å². The summed E-state index contributed by atoms with van der Waals surface area (Å²) >= 11 is 0. The molecule has 0 saturated heterocycles. The number of carboxylic acid groups (broad SMARTS) is 1. The molecule has 0 heterocycles. The highest BCUT2D eigenvalue weighted by Crippen LogP contribution is 2.09. The number of aromatic hydroxyl groups is 1. The SMILES string of the molecule is O=[13C](O)[13CH2]c1ccc(O)cc1. The zero-order valence-corrected chi connectivity index (χ0v) is 5.82. The van der Waals surface area contributed by atoms with Gasteiger partial charge in [0.25, 0.3) is 0 Å². The second-order valence-electron chi connectivity index (χ2n) is 2.24. The topological polar surface area (TPSA) is 57.5 Å². The molecule has 3 heteroatoms. The molecule has 0 radical (unpaired) electrons. The molecule has 0 fully saturated rings. The van der Waals surface area contributed by atoms with Gasteiger partial charge in [0.1, 0.15) is 5.75 Å². The van der Waals surface area contributed by atoms with E-state index in [-0.39, 0.29) is 12.2 Å². The number of phenols is 1. The smallest absolute Gasteiger partial charge is 0.307 e. The third kappa shape index (κ3) is 2.29. The second kappa shape index (κ2) is 3.05. The maximum Gasteiger partial charge on any atom is 0.307 e. The number of aliphatic carboxylic acids is 1. The summed E-state index contributed by atoms with van der Waals surface area (Å²) in [5.74, 6) is -0.713. The van der Waals surface area contributed by atoms with Crippen molar-refractivity contribution < 1.29 is 15.0 Å². The first-order valence-corrected chi connectivity index (χ1v) is 3.18. The van der Waals surface area contributed by atoms with Crippen LogP contribution in [0.2, 0.25) is 0 Å². The molecule has 0 bridgehead atoms. The van der Waals surface area contributed by atoms with Gasteiger partial charge in [-0.15, -0.1) is 0 Å². The molecule has 0 atom stereocenters. The average Bonchev–Trinajstić information content (AvgIpc) is 1.93. The number of benzene rings is 1. The Morgan fingerprint density at radius 2 is 1.82 bits per heavy atom. The molecule has 0 amide bonds. The summed E-state index contributed by atoms with van der Waals surface area (Å²) in [4.78, 5) is 10.2. The van der Waals surface area contributed by atoms with Crippen LogP contribution in [-0.2, 0) is 11.2 Å². The van der Waals surface area contributed by atoms with E-state index in [4.69, 9.17) is 10.2 Å². The predicted octanol–water partition coefficient (Wildman–Crippen LogP) is 1.02. The minimum Gasteiger partial charge on any atom is -0.508 e. The minimum atomic E-state index is -0.865. The van der Waals surface area contributed by atoms with Gasteiger partial charge >= 0.3 is 5.97 Å². The first-order chi connectivity index (χ1) is 5.18. The Kier molecular flexibility index (Phi) is 2.11. The summed E-state index contributed by atoms with van der Waals surface area (Å²) in [6.07, 6.45) is 0.000278. The van der Waals surface area contributed by atoms with Crippen LogP contribution in [0.15, 0.2) is 24.3 Å². The van der Waals surface area contributed by atoms with E-state index in [1.807, 2.05) is 0 Å². The Bertz CT molecular complexity index is 251. The van der Waals surface area contributed by atoms with Crippen molar-refractivity contribution in [1.82, 2.24) is 0 Å². The third-order valence-electron chi connectivity index (χ3n) is 1.29. The summed E-state index contributed by atoms with van der Waals surface area (Å²) in [6, 6.07) is 6.11. The zero-order chi connectivity index (χ0) is 8.27. The van der Waals surface area contributed by atoms with Gasteiger partial charge in [-0.2, -0.15) is 0 Å². The van der Waals surface area contributed by atoms with Gasteiger partial charge in [-0.05, 0) is 17.7 Å². The van der Waals surface area contributed by atoms with Crippen molar-refractivity contribution >= 4 is 5.97 Å².